The van der Waals surface area contributed by atoms with E-state index in [1.165, 1.54) is 6.08 Å². The van der Waals surface area contributed by atoms with Crippen LogP contribution in [0.3, 0.4) is 0 Å². The first kappa shape index (κ1) is 16.2. The molecule has 0 unspecified atom stereocenters. The van der Waals surface area contributed by atoms with Gasteiger partial charge in [0.15, 0.2) is 6.61 Å². The van der Waals surface area contributed by atoms with Crippen LogP contribution >= 0.6 is 15.9 Å². The lowest BCUT2D eigenvalue weighted by Crippen LogP contribution is -2.18. The Morgan fingerprint density at radius 2 is 2.10 bits per heavy atom. The zero-order chi connectivity index (χ0) is 15.1. The Bertz CT molecular complexity index is 522. The van der Waals surface area contributed by atoms with Gasteiger partial charge in [-0.25, -0.2) is 9.59 Å². The molecule has 0 saturated carbocycles. The van der Waals surface area contributed by atoms with E-state index in [1.54, 1.807) is 32.0 Å². The Kier molecular flexibility index (Phi) is 6.24. The highest BCUT2D eigenvalue weighted by atomic mass is 79.9. The quantitative estimate of drug-likeness (QED) is 0.635. The standard InChI is InChI=1S/C14H15BrO5/c1-9(2)20-14(18)8-19-12-5-4-11(15)7-10(12)3-6-13(16)17/h3-7,9H,8H2,1-2H3,(H,16,17). The van der Waals surface area contributed by atoms with Crippen molar-refractivity contribution < 1.29 is 24.2 Å². The van der Waals surface area contributed by atoms with Crippen molar-refractivity contribution in [1.82, 2.24) is 0 Å². The molecule has 0 amide bonds. The first-order chi connectivity index (χ1) is 9.38. The number of hydrogen-bond acceptors (Lipinski definition) is 4. The summed E-state index contributed by atoms with van der Waals surface area (Å²) >= 11 is 3.29. The lowest BCUT2D eigenvalue weighted by atomic mass is 10.2. The zero-order valence-corrected chi connectivity index (χ0v) is 12.7. The summed E-state index contributed by atoms with van der Waals surface area (Å²) in [6.45, 7) is 3.27. The number of carboxylic acid groups (broad SMARTS) is 1. The molecule has 0 bridgehead atoms. The monoisotopic (exact) mass is 342 g/mol. The predicted octanol–water partition coefficient (Wildman–Crippen LogP) is 2.88. The third-order valence-corrected chi connectivity index (χ3v) is 2.58. The maximum Gasteiger partial charge on any atom is 0.344 e. The number of halogens is 1. The van der Waals surface area contributed by atoms with E-state index in [9.17, 15) is 9.59 Å². The van der Waals surface area contributed by atoms with Crippen LogP contribution in [0.1, 0.15) is 19.4 Å². The van der Waals surface area contributed by atoms with Crippen LogP contribution in [0.15, 0.2) is 28.7 Å². The van der Waals surface area contributed by atoms with Gasteiger partial charge in [-0.3, -0.25) is 0 Å². The largest absolute Gasteiger partial charge is 0.481 e. The number of rotatable bonds is 6. The van der Waals surface area contributed by atoms with Crippen LogP contribution in [0.2, 0.25) is 0 Å². The Hall–Kier alpha value is -1.82. The van der Waals surface area contributed by atoms with Crippen molar-refractivity contribution in [3.8, 4) is 5.75 Å². The van der Waals surface area contributed by atoms with Gasteiger partial charge in [0.1, 0.15) is 5.75 Å². The van der Waals surface area contributed by atoms with Crippen molar-refractivity contribution in [3.63, 3.8) is 0 Å². The van der Waals surface area contributed by atoms with Crippen LogP contribution in [0.4, 0.5) is 0 Å². The number of aliphatic carboxylic acids is 1. The average molecular weight is 343 g/mol. The summed E-state index contributed by atoms with van der Waals surface area (Å²) in [5.41, 5.74) is 0.555. The maximum absolute atomic E-state index is 11.4. The minimum atomic E-state index is -1.06. The second-order valence-corrected chi connectivity index (χ2v) is 5.10. The molecule has 0 aliphatic carbocycles. The second kappa shape index (κ2) is 7.69. The third kappa shape index (κ3) is 5.88. The van der Waals surface area contributed by atoms with Crippen LogP contribution in [0.5, 0.6) is 5.75 Å². The highest BCUT2D eigenvalue weighted by molar-refractivity contribution is 9.10. The Balaban J connectivity index is 2.78. The minimum Gasteiger partial charge on any atom is -0.481 e. The molecule has 1 N–H and O–H groups in total. The van der Waals surface area contributed by atoms with Gasteiger partial charge in [-0.1, -0.05) is 15.9 Å². The zero-order valence-electron chi connectivity index (χ0n) is 11.1. The lowest BCUT2D eigenvalue weighted by molar-refractivity contribution is -0.149. The van der Waals surface area contributed by atoms with Gasteiger partial charge in [-0.2, -0.15) is 0 Å². The van der Waals surface area contributed by atoms with Crippen molar-refractivity contribution in [2.45, 2.75) is 20.0 Å². The molecule has 0 atom stereocenters. The Morgan fingerprint density at radius 1 is 1.40 bits per heavy atom. The van der Waals surface area contributed by atoms with Gasteiger partial charge in [0.05, 0.1) is 6.10 Å². The number of carbonyl (C=O) groups is 2. The SMILES string of the molecule is CC(C)OC(=O)COc1ccc(Br)cc1C=CC(=O)O. The summed E-state index contributed by atoms with van der Waals surface area (Å²) < 4.78 is 11.1. The molecule has 20 heavy (non-hydrogen) atoms. The summed E-state index contributed by atoms with van der Waals surface area (Å²) in [5, 5.41) is 8.64. The van der Waals surface area contributed by atoms with Crippen molar-refractivity contribution in [3.05, 3.63) is 34.3 Å². The highest BCUT2D eigenvalue weighted by Crippen LogP contribution is 2.24. The molecule has 108 valence electrons. The first-order valence-corrected chi connectivity index (χ1v) is 6.70. The van der Waals surface area contributed by atoms with E-state index in [4.69, 9.17) is 14.6 Å². The van der Waals surface area contributed by atoms with E-state index in [1.807, 2.05) is 0 Å². The summed E-state index contributed by atoms with van der Waals surface area (Å²) in [6, 6.07) is 5.08. The fraction of sp³-hybridized carbons (Fsp3) is 0.286. The van der Waals surface area contributed by atoms with Crippen LogP contribution in [-0.2, 0) is 14.3 Å². The number of hydrogen-bond donors (Lipinski definition) is 1. The van der Waals surface area contributed by atoms with Gasteiger partial charge < -0.3 is 14.6 Å². The van der Waals surface area contributed by atoms with Gasteiger partial charge in [0.2, 0.25) is 0 Å². The van der Waals surface area contributed by atoms with Crippen molar-refractivity contribution in [2.75, 3.05) is 6.61 Å². The summed E-state index contributed by atoms with van der Waals surface area (Å²) in [6.07, 6.45) is 2.19. The van der Waals surface area contributed by atoms with E-state index in [2.05, 4.69) is 15.9 Å². The van der Waals surface area contributed by atoms with Crippen molar-refractivity contribution in [2.24, 2.45) is 0 Å². The molecule has 5 nitrogen and oxygen atoms in total. The molecule has 0 spiro atoms. The fourth-order valence-electron chi connectivity index (χ4n) is 1.38. The van der Waals surface area contributed by atoms with E-state index >= 15 is 0 Å². The highest BCUT2D eigenvalue weighted by Gasteiger charge is 2.09. The molecular formula is C14H15BrO5. The third-order valence-electron chi connectivity index (χ3n) is 2.09. The number of carboxylic acids is 1. The van der Waals surface area contributed by atoms with E-state index in [-0.39, 0.29) is 12.7 Å². The summed E-state index contributed by atoms with van der Waals surface area (Å²) in [7, 11) is 0. The molecule has 0 saturated heterocycles. The minimum absolute atomic E-state index is 0.206. The fourth-order valence-corrected chi connectivity index (χ4v) is 1.75. The summed E-state index contributed by atoms with van der Waals surface area (Å²) in [5.74, 6) is -1.13. The van der Waals surface area contributed by atoms with Crippen LogP contribution in [-0.4, -0.2) is 29.8 Å². The predicted molar refractivity (Wildman–Crippen MR) is 77.5 cm³/mol. The number of esters is 1. The molecule has 0 radical (unpaired) electrons. The Morgan fingerprint density at radius 3 is 2.70 bits per heavy atom. The average Bonchev–Trinajstić information content (AvgIpc) is 2.34. The molecule has 1 aromatic rings. The smallest absolute Gasteiger partial charge is 0.344 e. The summed E-state index contributed by atoms with van der Waals surface area (Å²) in [4.78, 5) is 21.9. The molecule has 0 aliphatic rings. The number of benzene rings is 1. The lowest BCUT2D eigenvalue weighted by Gasteiger charge is -2.11. The van der Waals surface area contributed by atoms with Gasteiger partial charge in [0, 0.05) is 16.1 Å². The second-order valence-electron chi connectivity index (χ2n) is 4.18. The van der Waals surface area contributed by atoms with E-state index < -0.39 is 11.9 Å². The molecule has 0 fully saturated rings. The van der Waals surface area contributed by atoms with Gasteiger partial charge in [0.25, 0.3) is 0 Å². The number of carbonyl (C=O) groups excluding carboxylic acids is 1. The van der Waals surface area contributed by atoms with Gasteiger partial charge in [-0.05, 0) is 38.1 Å². The molecule has 0 aliphatic heterocycles. The number of ether oxygens (including phenoxy) is 2. The van der Waals surface area contributed by atoms with Crippen molar-refractivity contribution >= 4 is 33.9 Å². The van der Waals surface area contributed by atoms with E-state index in [0.717, 1.165) is 10.5 Å². The van der Waals surface area contributed by atoms with Crippen LogP contribution in [0, 0.1) is 0 Å². The normalized spacial score (nSPS) is 10.8. The van der Waals surface area contributed by atoms with Crippen LogP contribution < -0.4 is 4.74 Å². The van der Waals surface area contributed by atoms with Gasteiger partial charge in [-0.15, -0.1) is 0 Å². The molecule has 1 rings (SSSR count). The maximum atomic E-state index is 11.4. The molecule has 0 aromatic heterocycles. The van der Waals surface area contributed by atoms with Gasteiger partial charge >= 0.3 is 11.9 Å². The molecular weight excluding hydrogens is 328 g/mol. The molecule has 6 heteroatoms. The van der Waals surface area contributed by atoms with Crippen LogP contribution in [0.25, 0.3) is 6.08 Å². The molecule has 1 aromatic carbocycles. The van der Waals surface area contributed by atoms with Crippen molar-refractivity contribution in [1.29, 1.82) is 0 Å². The van der Waals surface area contributed by atoms with E-state index in [0.29, 0.717) is 11.3 Å². The Labute approximate surface area is 125 Å². The first-order valence-electron chi connectivity index (χ1n) is 5.91. The topological polar surface area (TPSA) is 72.8 Å². The molecule has 0 heterocycles.